The van der Waals surface area contributed by atoms with Crippen LogP contribution in [-0.2, 0) is 6.61 Å². The lowest BCUT2D eigenvalue weighted by Crippen LogP contribution is -2.57. The van der Waals surface area contributed by atoms with Gasteiger partial charge in [0.05, 0.1) is 0 Å². The van der Waals surface area contributed by atoms with Crippen LogP contribution in [0.15, 0.2) is 53.5 Å². The zero-order valence-electron chi connectivity index (χ0n) is 18.0. The smallest absolute Gasteiger partial charge is 0.278 e. The maximum atomic E-state index is 14.4. The van der Waals surface area contributed by atoms with Crippen molar-refractivity contribution in [2.24, 2.45) is 0 Å². The van der Waals surface area contributed by atoms with Gasteiger partial charge in [0.1, 0.15) is 36.7 Å². The van der Waals surface area contributed by atoms with Crippen LogP contribution < -0.4 is 15.2 Å². The minimum absolute atomic E-state index is 0.0727. The molecule has 0 bridgehead atoms. The lowest BCUT2D eigenvalue weighted by atomic mass is 9.94. The molecule has 0 saturated heterocycles. The van der Waals surface area contributed by atoms with E-state index in [-0.39, 0.29) is 30.8 Å². The Balaban J connectivity index is 1.81. The molecule has 2 aliphatic heterocycles. The molecule has 3 aromatic rings. The molecule has 170 valence electrons. The number of nitrogens with zero attached hydrogens (tertiary/aromatic N) is 3. The number of halogens is 2. The zero-order valence-corrected chi connectivity index (χ0v) is 18.0. The Bertz CT molecular complexity index is 1340. The first kappa shape index (κ1) is 21.0. The third-order valence-electron chi connectivity index (χ3n) is 6.07. The molecule has 33 heavy (non-hydrogen) atoms. The number of aromatic hydroxyl groups is 1. The predicted molar refractivity (Wildman–Crippen MR) is 116 cm³/mol. The largest absolute Gasteiger partial charge is 0.502 e. The number of aromatic nitrogens is 1. The van der Waals surface area contributed by atoms with Crippen LogP contribution >= 0.6 is 0 Å². The van der Waals surface area contributed by atoms with Gasteiger partial charge < -0.3 is 14.7 Å². The molecule has 5 rings (SSSR count). The van der Waals surface area contributed by atoms with E-state index in [1.165, 1.54) is 40.0 Å². The second kappa shape index (κ2) is 7.61. The summed E-state index contributed by atoms with van der Waals surface area (Å²) in [6.07, 6.45) is 1.40. The third-order valence-corrected chi connectivity index (χ3v) is 6.07. The molecule has 7 nitrogen and oxygen atoms in total. The van der Waals surface area contributed by atoms with Gasteiger partial charge in [-0.3, -0.25) is 19.3 Å². The van der Waals surface area contributed by atoms with Crippen molar-refractivity contribution >= 4 is 5.91 Å². The third kappa shape index (κ3) is 3.31. The topological polar surface area (TPSA) is 75.0 Å². The number of carbonyl (C=O) groups is 1. The van der Waals surface area contributed by atoms with Crippen LogP contribution in [0.2, 0.25) is 0 Å². The number of ether oxygens (including phenoxy) is 1. The first-order chi connectivity index (χ1) is 15.8. The van der Waals surface area contributed by atoms with E-state index in [4.69, 9.17) is 4.74 Å². The Morgan fingerprint density at radius 1 is 1.03 bits per heavy atom. The molecule has 0 aliphatic carbocycles. The normalized spacial score (nSPS) is 17.2. The highest BCUT2D eigenvalue weighted by atomic mass is 19.1. The minimum Gasteiger partial charge on any atom is -0.502 e. The van der Waals surface area contributed by atoms with Crippen LogP contribution in [0.3, 0.4) is 0 Å². The Morgan fingerprint density at radius 2 is 1.76 bits per heavy atom. The summed E-state index contributed by atoms with van der Waals surface area (Å²) in [5.74, 6) is -1.82. The Kier molecular flexibility index (Phi) is 4.84. The summed E-state index contributed by atoms with van der Waals surface area (Å²) in [5, 5.41) is 12.3. The van der Waals surface area contributed by atoms with Crippen molar-refractivity contribution in [2.45, 2.75) is 32.5 Å². The average Bonchev–Trinajstić information content (AvgIpc) is 2.92. The summed E-state index contributed by atoms with van der Waals surface area (Å²) >= 11 is 0. The van der Waals surface area contributed by atoms with Crippen LogP contribution in [0.25, 0.3) is 0 Å². The second-order valence-electron chi connectivity index (χ2n) is 8.39. The van der Waals surface area contributed by atoms with Crippen molar-refractivity contribution in [3.8, 4) is 11.5 Å². The molecule has 0 saturated carbocycles. The summed E-state index contributed by atoms with van der Waals surface area (Å²) < 4.78 is 35.8. The fourth-order valence-electron chi connectivity index (χ4n) is 4.41. The zero-order chi connectivity index (χ0) is 23.4. The van der Waals surface area contributed by atoms with Crippen molar-refractivity contribution in [1.82, 2.24) is 9.58 Å². The summed E-state index contributed by atoms with van der Waals surface area (Å²) in [6.45, 7) is 3.81. The van der Waals surface area contributed by atoms with Crippen molar-refractivity contribution in [3.05, 3.63) is 92.9 Å². The summed E-state index contributed by atoms with van der Waals surface area (Å²) in [4.78, 5) is 26.8. The number of rotatable bonds is 2. The van der Waals surface area contributed by atoms with Crippen molar-refractivity contribution in [2.75, 3.05) is 11.7 Å². The maximum absolute atomic E-state index is 14.4. The van der Waals surface area contributed by atoms with E-state index < -0.39 is 34.8 Å². The fraction of sp³-hybridized carbons (Fsp3) is 0.250. The number of hydrogen-bond donors (Lipinski definition) is 1. The van der Waals surface area contributed by atoms with Gasteiger partial charge in [-0.15, -0.1) is 0 Å². The first-order valence-corrected chi connectivity index (χ1v) is 10.5. The Labute approximate surface area is 188 Å². The predicted octanol–water partition coefficient (Wildman–Crippen LogP) is 3.27. The van der Waals surface area contributed by atoms with Gasteiger partial charge in [0.25, 0.3) is 5.91 Å². The summed E-state index contributed by atoms with van der Waals surface area (Å²) in [5.41, 5.74) is 0.954. The molecule has 2 aliphatic rings. The highest BCUT2D eigenvalue weighted by Gasteiger charge is 2.39. The molecule has 3 heterocycles. The highest BCUT2D eigenvalue weighted by Crippen LogP contribution is 2.41. The Morgan fingerprint density at radius 3 is 2.52 bits per heavy atom. The molecule has 0 spiro atoms. The molecular weight excluding hydrogens is 432 g/mol. The molecule has 1 atom stereocenters. The number of carbonyl (C=O) groups excluding carboxylic acids is 1. The molecular formula is C24H21F2N3O4. The number of hydrogen-bond acceptors (Lipinski definition) is 5. The fourth-order valence-corrected chi connectivity index (χ4v) is 4.41. The molecule has 0 radical (unpaired) electrons. The van der Waals surface area contributed by atoms with Crippen molar-refractivity contribution in [1.29, 1.82) is 0 Å². The summed E-state index contributed by atoms with van der Waals surface area (Å²) in [6, 6.07) is 8.64. The van der Waals surface area contributed by atoms with Gasteiger partial charge in [-0.25, -0.2) is 8.78 Å². The molecule has 1 unspecified atom stereocenters. The van der Waals surface area contributed by atoms with E-state index in [1.54, 1.807) is 17.1 Å². The van der Waals surface area contributed by atoms with Crippen LogP contribution in [0.1, 0.15) is 47.1 Å². The quantitative estimate of drug-likeness (QED) is 0.645. The molecule has 1 N–H and O–H groups in total. The molecule has 1 aromatic heterocycles. The van der Waals surface area contributed by atoms with Gasteiger partial charge in [-0.2, -0.15) is 0 Å². The SMILES string of the molecule is CC(C)N1CN(C2c3cc(F)ccc3COc3cc(F)ccc32)n2ccc(=O)c(O)c2C1=O. The van der Waals surface area contributed by atoms with Crippen LogP contribution in [0.4, 0.5) is 8.78 Å². The molecule has 9 heteroatoms. The Hall–Kier alpha value is -3.88. The van der Waals surface area contributed by atoms with E-state index in [1.807, 2.05) is 13.8 Å². The highest BCUT2D eigenvalue weighted by molar-refractivity contribution is 5.96. The number of pyridine rings is 1. The van der Waals surface area contributed by atoms with Gasteiger partial charge in [0.15, 0.2) is 11.4 Å². The van der Waals surface area contributed by atoms with E-state index >= 15 is 0 Å². The van der Waals surface area contributed by atoms with E-state index in [2.05, 4.69) is 0 Å². The lowest BCUT2D eigenvalue weighted by Gasteiger charge is -2.45. The molecule has 2 aromatic carbocycles. The maximum Gasteiger partial charge on any atom is 0.278 e. The van der Waals surface area contributed by atoms with Gasteiger partial charge in [0, 0.05) is 29.9 Å². The van der Waals surface area contributed by atoms with Gasteiger partial charge in [-0.05, 0) is 49.2 Å². The summed E-state index contributed by atoms with van der Waals surface area (Å²) in [7, 11) is 0. The van der Waals surface area contributed by atoms with E-state index in [0.29, 0.717) is 16.7 Å². The van der Waals surface area contributed by atoms with E-state index in [0.717, 1.165) is 6.07 Å². The number of amides is 1. The second-order valence-corrected chi connectivity index (χ2v) is 8.39. The number of benzene rings is 2. The van der Waals surface area contributed by atoms with Crippen LogP contribution in [-0.4, -0.2) is 33.3 Å². The van der Waals surface area contributed by atoms with Gasteiger partial charge >= 0.3 is 0 Å². The number of fused-ring (bicyclic) bond motifs is 3. The molecule has 0 fully saturated rings. The molecule has 1 amide bonds. The van der Waals surface area contributed by atoms with Gasteiger partial charge in [0.2, 0.25) is 5.43 Å². The minimum atomic E-state index is -0.705. The monoisotopic (exact) mass is 453 g/mol. The van der Waals surface area contributed by atoms with Crippen LogP contribution in [0.5, 0.6) is 11.5 Å². The van der Waals surface area contributed by atoms with Gasteiger partial charge in [-0.1, -0.05) is 6.07 Å². The van der Waals surface area contributed by atoms with Crippen molar-refractivity contribution < 1.29 is 23.4 Å². The average molecular weight is 453 g/mol. The van der Waals surface area contributed by atoms with Crippen molar-refractivity contribution in [3.63, 3.8) is 0 Å². The van der Waals surface area contributed by atoms with Crippen LogP contribution in [0, 0.1) is 11.6 Å². The lowest BCUT2D eigenvalue weighted by molar-refractivity contribution is 0.0621. The standard InChI is InChI=1S/C24H21F2N3O4/c1-13(2)27-12-29(28-8-7-19(30)23(31)22(28)24(27)32)21-17-6-5-16(26)10-20(17)33-11-14-3-4-15(25)9-18(14)21/h3-10,13,21,31H,11-12H2,1-2H3. The first-order valence-electron chi connectivity index (χ1n) is 10.5. The van der Waals surface area contributed by atoms with E-state index in [9.17, 15) is 23.5 Å².